The van der Waals surface area contributed by atoms with Gasteiger partial charge in [0.1, 0.15) is 0 Å². The largest absolute Gasteiger partial charge is 2.00 e. The summed E-state index contributed by atoms with van der Waals surface area (Å²) in [5, 5.41) is 0. The van der Waals surface area contributed by atoms with Gasteiger partial charge in [0.15, 0.2) is 0 Å². The van der Waals surface area contributed by atoms with Crippen molar-refractivity contribution in [2.75, 3.05) is 0 Å². The van der Waals surface area contributed by atoms with Gasteiger partial charge in [-0.3, -0.25) is 13.2 Å². The van der Waals surface area contributed by atoms with E-state index >= 15 is 0 Å². The van der Waals surface area contributed by atoms with Crippen LogP contribution in [0.1, 0.15) is 13.8 Å². The number of hydrogen-bond acceptors (Lipinski definition) is 0. The average molecular weight is 193 g/mol. The number of rotatable bonds is 2. The van der Waals surface area contributed by atoms with Crippen molar-refractivity contribution in [3.63, 3.8) is 0 Å². The van der Waals surface area contributed by atoms with Gasteiger partial charge in [0, 0.05) is 0 Å². The molecule has 0 aromatic heterocycles. The minimum atomic E-state index is 0. The molecule has 0 saturated heterocycles. The topological polar surface area (TPSA) is 0 Å². The molecule has 0 heterocycles. The Labute approximate surface area is 80.3 Å². The van der Waals surface area contributed by atoms with Crippen LogP contribution in [0.2, 0.25) is 0 Å². The third-order valence-electron chi connectivity index (χ3n) is 0.607. The van der Waals surface area contributed by atoms with E-state index in [1.807, 2.05) is 26.0 Å². The van der Waals surface area contributed by atoms with Crippen molar-refractivity contribution >= 4 is 0 Å². The SMILES string of the molecule is [CH-]=C/C=C/C.[CH-]=C/C=C/C.[Ni+2]. The van der Waals surface area contributed by atoms with E-state index in [9.17, 15) is 0 Å². The van der Waals surface area contributed by atoms with Gasteiger partial charge in [-0.05, 0) is 0 Å². The van der Waals surface area contributed by atoms with E-state index in [-0.39, 0.29) is 16.5 Å². The van der Waals surface area contributed by atoms with Crippen LogP contribution >= 0.6 is 0 Å². The van der Waals surface area contributed by atoms with E-state index in [4.69, 9.17) is 13.2 Å². The molecular weight excluding hydrogens is 179 g/mol. The smallest absolute Gasteiger partial charge is 0.293 e. The molecule has 0 unspecified atom stereocenters. The standard InChI is InChI=1S/2C5H7.Ni/c2*1-3-5-4-2;/h2*1,3-5H,2H3;/q2*-1;+2/b2*5-4+;. The van der Waals surface area contributed by atoms with Gasteiger partial charge in [-0.25, -0.2) is 24.3 Å². The van der Waals surface area contributed by atoms with Gasteiger partial charge in [-0.2, -0.15) is 12.2 Å². The zero-order chi connectivity index (χ0) is 8.24. The van der Waals surface area contributed by atoms with Gasteiger partial charge >= 0.3 is 16.5 Å². The zero-order valence-corrected chi connectivity index (χ0v) is 7.92. The Kier molecular flexibility index (Phi) is 34.7. The van der Waals surface area contributed by atoms with Crippen molar-refractivity contribution in [1.29, 1.82) is 0 Å². The van der Waals surface area contributed by atoms with Gasteiger partial charge in [-0.15, -0.1) is 0 Å². The summed E-state index contributed by atoms with van der Waals surface area (Å²) in [6.07, 6.45) is 10.3. The molecule has 0 N–H and O–H groups in total. The Morgan fingerprint density at radius 2 is 1.09 bits per heavy atom. The van der Waals surface area contributed by atoms with Crippen molar-refractivity contribution in [2.24, 2.45) is 0 Å². The van der Waals surface area contributed by atoms with Gasteiger partial charge in [0.25, 0.3) is 0 Å². The first-order chi connectivity index (χ1) is 4.83. The summed E-state index contributed by atoms with van der Waals surface area (Å²) in [5.41, 5.74) is 0. The van der Waals surface area contributed by atoms with Crippen LogP contribution in [0.5, 0.6) is 0 Å². The van der Waals surface area contributed by atoms with Crippen LogP contribution in [0, 0.1) is 13.2 Å². The molecule has 1 heteroatoms. The molecule has 0 nitrogen and oxygen atoms in total. The molecule has 0 aliphatic heterocycles. The van der Waals surface area contributed by atoms with E-state index in [1.54, 1.807) is 12.2 Å². The third-order valence-corrected chi connectivity index (χ3v) is 0.607. The third kappa shape index (κ3) is 44.0. The van der Waals surface area contributed by atoms with Crippen molar-refractivity contribution in [3.05, 3.63) is 49.6 Å². The average Bonchev–Trinajstić information content (AvgIpc) is 1.93. The summed E-state index contributed by atoms with van der Waals surface area (Å²) in [4.78, 5) is 0. The summed E-state index contributed by atoms with van der Waals surface area (Å²) < 4.78 is 0. The molecule has 0 saturated carbocycles. The van der Waals surface area contributed by atoms with Gasteiger partial charge in [0.2, 0.25) is 0 Å². The molecule has 0 radical (unpaired) electrons. The molecule has 0 amide bonds. The van der Waals surface area contributed by atoms with Crippen molar-refractivity contribution in [2.45, 2.75) is 13.8 Å². The molecular formula is C10H14Ni. The molecule has 0 aliphatic rings. The van der Waals surface area contributed by atoms with Gasteiger partial charge < -0.3 is 0 Å². The number of hydrogen-bond donors (Lipinski definition) is 0. The molecule has 11 heavy (non-hydrogen) atoms. The maximum Gasteiger partial charge on any atom is 2.00 e. The van der Waals surface area contributed by atoms with Crippen molar-refractivity contribution < 1.29 is 16.5 Å². The first-order valence-electron chi connectivity index (χ1n) is 3.15. The molecule has 0 atom stereocenters. The monoisotopic (exact) mass is 192 g/mol. The van der Waals surface area contributed by atoms with Crippen LogP contribution in [0.3, 0.4) is 0 Å². The van der Waals surface area contributed by atoms with E-state index in [0.717, 1.165) is 0 Å². The maximum atomic E-state index is 4.93. The zero-order valence-electron chi connectivity index (χ0n) is 6.94. The predicted molar refractivity (Wildman–Crippen MR) is 47.4 cm³/mol. The Balaban J connectivity index is -0.000000107. The quantitative estimate of drug-likeness (QED) is 0.359. The summed E-state index contributed by atoms with van der Waals surface area (Å²) >= 11 is 0. The molecule has 64 valence electrons. The Bertz CT molecular complexity index is 105. The molecule has 0 bridgehead atoms. The predicted octanol–water partition coefficient (Wildman–Crippen LogP) is 3.10. The fourth-order valence-electron chi connectivity index (χ4n) is 0.222. The van der Waals surface area contributed by atoms with E-state index in [1.165, 1.54) is 12.2 Å². The normalized spacial score (nSPS) is 8.18. The summed E-state index contributed by atoms with van der Waals surface area (Å²) in [6, 6.07) is 0. The minimum absolute atomic E-state index is 0. The fourth-order valence-corrected chi connectivity index (χ4v) is 0.222. The summed E-state index contributed by atoms with van der Waals surface area (Å²) in [7, 11) is 0. The van der Waals surface area contributed by atoms with Gasteiger partial charge in [-0.1, -0.05) is 13.8 Å². The van der Waals surface area contributed by atoms with E-state index in [2.05, 4.69) is 0 Å². The van der Waals surface area contributed by atoms with E-state index < -0.39 is 0 Å². The van der Waals surface area contributed by atoms with Crippen LogP contribution in [-0.4, -0.2) is 0 Å². The molecule has 0 spiro atoms. The van der Waals surface area contributed by atoms with Crippen molar-refractivity contribution in [3.8, 4) is 0 Å². The van der Waals surface area contributed by atoms with Gasteiger partial charge in [0.05, 0.1) is 0 Å². The molecule has 0 aromatic rings. The molecule has 0 aromatic carbocycles. The Morgan fingerprint density at radius 1 is 0.818 bits per heavy atom. The maximum absolute atomic E-state index is 4.93. The number of allylic oxidation sites excluding steroid dienone is 6. The second kappa shape index (κ2) is 22.7. The second-order valence-corrected chi connectivity index (χ2v) is 1.44. The first-order valence-corrected chi connectivity index (χ1v) is 3.15. The molecule has 0 rings (SSSR count). The minimum Gasteiger partial charge on any atom is -0.293 e. The molecule has 0 aliphatic carbocycles. The fraction of sp³-hybridized carbons (Fsp3) is 0.200. The van der Waals surface area contributed by atoms with Crippen LogP contribution in [0.4, 0.5) is 0 Å². The van der Waals surface area contributed by atoms with Crippen LogP contribution < -0.4 is 0 Å². The Hall–Kier alpha value is -0.546. The Morgan fingerprint density at radius 3 is 1.09 bits per heavy atom. The second-order valence-electron chi connectivity index (χ2n) is 1.44. The van der Waals surface area contributed by atoms with Crippen molar-refractivity contribution in [1.82, 2.24) is 0 Å². The summed E-state index contributed by atoms with van der Waals surface area (Å²) in [5.74, 6) is 0. The summed E-state index contributed by atoms with van der Waals surface area (Å²) in [6.45, 7) is 13.7. The van der Waals surface area contributed by atoms with Crippen LogP contribution in [-0.2, 0) is 16.5 Å². The molecule has 0 fully saturated rings. The van der Waals surface area contributed by atoms with E-state index in [0.29, 0.717) is 0 Å². The first kappa shape index (κ1) is 16.8. The van der Waals surface area contributed by atoms with Crippen LogP contribution in [0.15, 0.2) is 36.5 Å². The van der Waals surface area contributed by atoms with Crippen LogP contribution in [0.25, 0.3) is 0 Å².